The Morgan fingerprint density at radius 3 is 2.81 bits per heavy atom. The number of hydrogen-bond acceptors (Lipinski definition) is 5. The van der Waals surface area contributed by atoms with Crippen LogP contribution >= 0.6 is 0 Å². The number of rotatable bonds is 4. The van der Waals surface area contributed by atoms with E-state index in [-0.39, 0.29) is 24.5 Å². The van der Waals surface area contributed by atoms with Crippen LogP contribution in [-0.2, 0) is 19.1 Å². The highest BCUT2D eigenvalue weighted by molar-refractivity contribution is 5.93. The number of alkyl carbamates (subject to hydrolysis) is 1. The Bertz CT molecular complexity index is 474. The average molecular weight is 296 g/mol. The van der Waals surface area contributed by atoms with Gasteiger partial charge in [-0.3, -0.25) is 9.59 Å². The topological polar surface area (TPSA) is 84.9 Å². The first-order valence-corrected chi connectivity index (χ1v) is 6.99. The molecule has 0 aliphatic carbocycles. The molecule has 2 heterocycles. The van der Waals surface area contributed by atoms with Gasteiger partial charge in [0, 0.05) is 19.5 Å². The Labute approximate surface area is 123 Å². The number of esters is 1. The summed E-state index contributed by atoms with van der Waals surface area (Å²) in [6.07, 6.45) is 2.88. The minimum Gasteiger partial charge on any atom is -0.460 e. The molecule has 0 aromatic carbocycles. The van der Waals surface area contributed by atoms with Crippen molar-refractivity contribution in [3.63, 3.8) is 0 Å². The van der Waals surface area contributed by atoms with E-state index in [2.05, 4.69) is 5.32 Å². The Hall–Kier alpha value is -2.05. The van der Waals surface area contributed by atoms with Crippen molar-refractivity contribution in [1.82, 2.24) is 10.2 Å². The number of nitrogens with one attached hydrogen (secondary N) is 1. The van der Waals surface area contributed by atoms with Crippen molar-refractivity contribution in [3.8, 4) is 0 Å². The molecule has 0 saturated carbocycles. The lowest BCUT2D eigenvalue weighted by Gasteiger charge is -2.49. The molecule has 21 heavy (non-hydrogen) atoms. The van der Waals surface area contributed by atoms with E-state index in [0.717, 1.165) is 0 Å². The van der Waals surface area contributed by atoms with E-state index in [1.54, 1.807) is 12.3 Å². The zero-order valence-electron chi connectivity index (χ0n) is 12.4. The molecule has 0 spiro atoms. The predicted molar refractivity (Wildman–Crippen MR) is 73.1 cm³/mol. The highest BCUT2D eigenvalue weighted by Gasteiger charge is 2.53. The van der Waals surface area contributed by atoms with Crippen LogP contribution in [-0.4, -0.2) is 47.7 Å². The molecule has 1 N–H and O–H groups in total. The molecule has 0 aromatic rings. The summed E-state index contributed by atoms with van der Waals surface area (Å²) in [6, 6.07) is -1.07. The Morgan fingerprint density at radius 2 is 2.19 bits per heavy atom. The van der Waals surface area contributed by atoms with Gasteiger partial charge in [0.25, 0.3) is 5.91 Å². The summed E-state index contributed by atoms with van der Waals surface area (Å²) in [5.41, 5.74) is 0. The fraction of sp³-hybridized carbons (Fsp3) is 0.643. The van der Waals surface area contributed by atoms with Crippen LogP contribution in [0.4, 0.5) is 4.79 Å². The molecule has 2 amide bonds. The second kappa shape index (κ2) is 6.15. The number of nitrogens with zero attached hydrogens (tertiary/aromatic N) is 1. The van der Waals surface area contributed by atoms with Gasteiger partial charge in [0.2, 0.25) is 0 Å². The summed E-state index contributed by atoms with van der Waals surface area (Å²) in [6.45, 7) is 5.45. The number of amides is 2. The quantitative estimate of drug-likeness (QED) is 0.612. The molecule has 2 aliphatic heterocycles. The number of carbonyl (C=O) groups excluding carboxylic acids is 3. The van der Waals surface area contributed by atoms with Crippen LogP contribution in [0.3, 0.4) is 0 Å². The monoisotopic (exact) mass is 296 g/mol. The lowest BCUT2D eigenvalue weighted by molar-refractivity contribution is -0.165. The average Bonchev–Trinajstić information content (AvgIpc) is 2.41. The number of hydrogen-bond donors (Lipinski definition) is 1. The Morgan fingerprint density at radius 1 is 1.48 bits per heavy atom. The molecule has 0 radical (unpaired) electrons. The molecule has 0 unspecified atom stereocenters. The lowest BCUT2D eigenvalue weighted by Crippen LogP contribution is -2.73. The molecule has 0 aromatic heterocycles. The SMILES string of the molecule is CC(=O)O[C@@H]1CC=CN2C(=O)[C@@H](NC(=O)OCC(C)C)[C@@H]12. The second-order valence-electron chi connectivity index (χ2n) is 5.62. The summed E-state index contributed by atoms with van der Waals surface area (Å²) >= 11 is 0. The summed E-state index contributed by atoms with van der Waals surface area (Å²) in [4.78, 5) is 36.2. The Balaban J connectivity index is 1.96. The van der Waals surface area contributed by atoms with Gasteiger partial charge in [-0.1, -0.05) is 19.9 Å². The highest BCUT2D eigenvalue weighted by atomic mass is 16.6. The standard InChI is InChI=1S/C14H20N2O5/c1-8(2)7-20-14(19)15-11-12-10(21-9(3)17)5-4-6-16(12)13(11)18/h4,6,8,10-12H,5,7H2,1-3H3,(H,15,19)/t10-,11+,12-/m1/s1. The molecule has 7 nitrogen and oxygen atoms in total. The maximum atomic E-state index is 12.0. The van der Waals surface area contributed by atoms with Gasteiger partial charge in [0.1, 0.15) is 18.2 Å². The van der Waals surface area contributed by atoms with E-state index in [0.29, 0.717) is 6.42 Å². The first-order chi connectivity index (χ1) is 9.90. The van der Waals surface area contributed by atoms with Crippen molar-refractivity contribution < 1.29 is 23.9 Å². The van der Waals surface area contributed by atoms with E-state index < -0.39 is 24.2 Å². The van der Waals surface area contributed by atoms with Gasteiger partial charge in [0.05, 0.1) is 6.61 Å². The molecule has 116 valence electrons. The lowest BCUT2D eigenvalue weighted by atomic mass is 9.86. The summed E-state index contributed by atoms with van der Waals surface area (Å²) < 4.78 is 10.2. The van der Waals surface area contributed by atoms with E-state index in [4.69, 9.17) is 9.47 Å². The van der Waals surface area contributed by atoms with Crippen molar-refractivity contribution in [3.05, 3.63) is 12.3 Å². The third-order valence-electron chi connectivity index (χ3n) is 3.34. The predicted octanol–water partition coefficient (Wildman–Crippen LogP) is 0.797. The third kappa shape index (κ3) is 3.34. The minimum atomic E-state index is -0.709. The van der Waals surface area contributed by atoms with Gasteiger partial charge < -0.3 is 19.7 Å². The van der Waals surface area contributed by atoms with Crippen LogP contribution < -0.4 is 5.32 Å². The summed E-state index contributed by atoms with van der Waals surface area (Å²) in [5, 5.41) is 2.55. The zero-order chi connectivity index (χ0) is 15.6. The molecule has 1 saturated heterocycles. The van der Waals surface area contributed by atoms with Crippen LogP contribution in [0.5, 0.6) is 0 Å². The van der Waals surface area contributed by atoms with E-state index >= 15 is 0 Å². The van der Waals surface area contributed by atoms with Crippen LogP contribution in [0.15, 0.2) is 12.3 Å². The minimum absolute atomic E-state index is 0.218. The molecular weight excluding hydrogens is 276 g/mol. The van der Waals surface area contributed by atoms with Crippen LogP contribution in [0.2, 0.25) is 0 Å². The van der Waals surface area contributed by atoms with Crippen LogP contribution in [0.25, 0.3) is 0 Å². The van der Waals surface area contributed by atoms with Gasteiger partial charge in [-0.2, -0.15) is 0 Å². The molecule has 0 bridgehead atoms. The van der Waals surface area contributed by atoms with Crippen molar-refractivity contribution in [1.29, 1.82) is 0 Å². The van der Waals surface area contributed by atoms with Crippen LogP contribution in [0, 0.1) is 5.92 Å². The Kier molecular flexibility index (Phi) is 4.50. The number of fused-ring (bicyclic) bond motifs is 1. The van der Waals surface area contributed by atoms with Crippen molar-refractivity contribution in [2.45, 2.75) is 45.4 Å². The van der Waals surface area contributed by atoms with E-state index in [9.17, 15) is 14.4 Å². The molecule has 7 heteroatoms. The van der Waals surface area contributed by atoms with Crippen molar-refractivity contribution in [2.75, 3.05) is 6.61 Å². The number of β-lactam (4-membered cyclic amide) rings is 1. The molecule has 3 atom stereocenters. The maximum Gasteiger partial charge on any atom is 0.407 e. The molecular formula is C14H20N2O5. The van der Waals surface area contributed by atoms with Gasteiger partial charge in [-0.25, -0.2) is 4.79 Å². The van der Waals surface area contributed by atoms with Crippen LogP contribution in [0.1, 0.15) is 27.2 Å². The van der Waals surface area contributed by atoms with Crippen molar-refractivity contribution in [2.24, 2.45) is 5.92 Å². The fourth-order valence-corrected chi connectivity index (χ4v) is 2.44. The first kappa shape index (κ1) is 15.3. The first-order valence-electron chi connectivity index (χ1n) is 6.99. The molecule has 2 rings (SSSR count). The van der Waals surface area contributed by atoms with Gasteiger partial charge >= 0.3 is 12.1 Å². The largest absolute Gasteiger partial charge is 0.460 e. The second-order valence-corrected chi connectivity index (χ2v) is 5.62. The summed E-state index contributed by atoms with van der Waals surface area (Å²) in [7, 11) is 0. The number of ether oxygens (including phenoxy) is 2. The number of carbonyl (C=O) groups is 3. The van der Waals surface area contributed by atoms with Crippen molar-refractivity contribution >= 4 is 18.0 Å². The van der Waals surface area contributed by atoms with E-state index in [1.807, 2.05) is 13.8 Å². The van der Waals surface area contributed by atoms with Gasteiger partial charge in [-0.05, 0) is 5.92 Å². The van der Waals surface area contributed by atoms with Gasteiger partial charge in [-0.15, -0.1) is 0 Å². The smallest absolute Gasteiger partial charge is 0.407 e. The normalized spacial score (nSPS) is 27.0. The highest BCUT2D eigenvalue weighted by Crippen LogP contribution is 2.30. The maximum absolute atomic E-state index is 12.0. The van der Waals surface area contributed by atoms with Gasteiger partial charge in [0.15, 0.2) is 0 Å². The molecule has 2 aliphatic rings. The fourth-order valence-electron chi connectivity index (χ4n) is 2.44. The summed E-state index contributed by atoms with van der Waals surface area (Å²) in [5.74, 6) is -0.416. The zero-order valence-corrected chi connectivity index (χ0v) is 12.4. The van der Waals surface area contributed by atoms with E-state index in [1.165, 1.54) is 11.8 Å². The molecule has 1 fully saturated rings. The third-order valence-corrected chi connectivity index (χ3v) is 3.34.